The molecule has 0 aliphatic rings. The van der Waals surface area contributed by atoms with Gasteiger partial charge in [0.1, 0.15) is 0 Å². The summed E-state index contributed by atoms with van der Waals surface area (Å²) in [6, 6.07) is 9.80. The van der Waals surface area contributed by atoms with Gasteiger partial charge < -0.3 is 18.9 Å². The van der Waals surface area contributed by atoms with Gasteiger partial charge >= 0.3 is 0 Å². The molecule has 0 aliphatic heterocycles. The van der Waals surface area contributed by atoms with Gasteiger partial charge in [0.25, 0.3) is 10.0 Å². The number of methoxy groups -OCH3 is 4. The Morgan fingerprint density at radius 2 is 1.54 bits per heavy atom. The first-order chi connectivity index (χ1) is 13.4. The first-order valence-electron chi connectivity index (χ1n) is 8.30. The lowest BCUT2D eigenvalue weighted by atomic mass is 10.1. The molecule has 28 heavy (non-hydrogen) atoms. The number of hydrazone groups is 1. The molecule has 0 fully saturated rings. The highest BCUT2D eigenvalue weighted by atomic mass is 32.2. The zero-order chi connectivity index (χ0) is 20.7. The maximum absolute atomic E-state index is 12.5. The quantitative estimate of drug-likeness (QED) is 0.506. The minimum absolute atomic E-state index is 0.0645. The summed E-state index contributed by atoms with van der Waals surface area (Å²) >= 11 is 0. The molecule has 0 bridgehead atoms. The number of aryl methyl sites for hydroxylation is 1. The molecule has 0 unspecified atom stereocenters. The second kappa shape index (κ2) is 9.43. The molecule has 152 valence electrons. The summed E-state index contributed by atoms with van der Waals surface area (Å²) in [5, 5.41) is 4.06. The largest absolute Gasteiger partial charge is 0.493 e. The van der Waals surface area contributed by atoms with E-state index in [0.717, 1.165) is 5.56 Å². The van der Waals surface area contributed by atoms with Crippen LogP contribution in [0.3, 0.4) is 0 Å². The Labute approximate surface area is 165 Å². The Kier molecular flexibility index (Phi) is 7.24. The van der Waals surface area contributed by atoms with E-state index >= 15 is 0 Å². The summed E-state index contributed by atoms with van der Waals surface area (Å²) in [7, 11) is 2.15. The lowest BCUT2D eigenvalue weighted by molar-refractivity contribution is 0.245. The topological polar surface area (TPSA) is 95.5 Å². The van der Waals surface area contributed by atoms with Crippen LogP contribution in [-0.4, -0.2) is 49.2 Å². The molecule has 9 heteroatoms. The van der Waals surface area contributed by atoms with Gasteiger partial charge in [-0.3, -0.25) is 0 Å². The third kappa shape index (κ3) is 4.93. The second-order valence-corrected chi connectivity index (χ2v) is 7.47. The fourth-order valence-corrected chi connectivity index (χ4v) is 3.28. The number of nitrogens with zero attached hydrogens (tertiary/aromatic N) is 1. The van der Waals surface area contributed by atoms with E-state index in [1.54, 1.807) is 24.3 Å². The standard InChI is InChI=1S/C19H24N2O6S/c1-13-6-8-15(9-7-13)28(22,23)21-20-16(12-24-2)14-10-17(25-3)19(27-5)18(11-14)26-4/h6-11,21H,12H2,1-5H3/b20-16+. The van der Waals surface area contributed by atoms with E-state index < -0.39 is 10.0 Å². The van der Waals surface area contributed by atoms with Crippen LogP contribution in [0.5, 0.6) is 17.2 Å². The Hall–Kier alpha value is -2.78. The molecule has 2 rings (SSSR count). The first-order valence-corrected chi connectivity index (χ1v) is 9.79. The summed E-state index contributed by atoms with van der Waals surface area (Å²) in [5.41, 5.74) is 1.86. The molecule has 0 saturated carbocycles. The predicted octanol–water partition coefficient (Wildman–Crippen LogP) is 2.35. The summed E-state index contributed by atoms with van der Waals surface area (Å²) in [6.45, 7) is 1.94. The van der Waals surface area contributed by atoms with Crippen LogP contribution in [0.4, 0.5) is 0 Å². The minimum Gasteiger partial charge on any atom is -0.493 e. The summed E-state index contributed by atoms with van der Waals surface area (Å²) in [4.78, 5) is 2.36. The zero-order valence-electron chi connectivity index (χ0n) is 16.5. The molecular weight excluding hydrogens is 384 g/mol. The van der Waals surface area contributed by atoms with Crippen molar-refractivity contribution in [3.8, 4) is 17.2 Å². The van der Waals surface area contributed by atoms with Crippen LogP contribution in [0.15, 0.2) is 46.4 Å². The van der Waals surface area contributed by atoms with Crippen LogP contribution >= 0.6 is 0 Å². The lowest BCUT2D eigenvalue weighted by Crippen LogP contribution is -2.22. The average molecular weight is 408 g/mol. The van der Waals surface area contributed by atoms with Crippen molar-refractivity contribution in [1.29, 1.82) is 0 Å². The molecule has 2 aromatic carbocycles. The van der Waals surface area contributed by atoms with Crippen LogP contribution in [0.1, 0.15) is 11.1 Å². The normalized spacial score (nSPS) is 11.8. The van der Waals surface area contributed by atoms with Crippen molar-refractivity contribution in [3.05, 3.63) is 47.5 Å². The highest BCUT2D eigenvalue weighted by Gasteiger charge is 2.18. The maximum atomic E-state index is 12.5. The molecule has 0 atom stereocenters. The fraction of sp³-hybridized carbons (Fsp3) is 0.316. The third-order valence-corrected chi connectivity index (χ3v) is 5.14. The van der Waals surface area contributed by atoms with Gasteiger partial charge in [-0.1, -0.05) is 17.7 Å². The van der Waals surface area contributed by atoms with Crippen LogP contribution in [-0.2, 0) is 14.8 Å². The number of hydrogen-bond acceptors (Lipinski definition) is 7. The first kappa shape index (κ1) is 21.5. The van der Waals surface area contributed by atoms with E-state index in [-0.39, 0.29) is 11.5 Å². The zero-order valence-corrected chi connectivity index (χ0v) is 17.3. The van der Waals surface area contributed by atoms with Crippen molar-refractivity contribution >= 4 is 15.7 Å². The van der Waals surface area contributed by atoms with Gasteiger partial charge in [-0.25, -0.2) is 0 Å². The molecule has 2 aromatic rings. The van der Waals surface area contributed by atoms with Crippen LogP contribution in [0.25, 0.3) is 0 Å². The van der Waals surface area contributed by atoms with E-state index in [2.05, 4.69) is 9.93 Å². The number of sulfonamides is 1. The Bertz CT molecular complexity index is 914. The molecule has 8 nitrogen and oxygen atoms in total. The lowest BCUT2D eigenvalue weighted by Gasteiger charge is -2.15. The van der Waals surface area contributed by atoms with E-state index in [0.29, 0.717) is 28.5 Å². The number of nitrogens with one attached hydrogen (secondary N) is 1. The maximum Gasteiger partial charge on any atom is 0.276 e. The molecule has 0 amide bonds. The van der Waals surface area contributed by atoms with Gasteiger partial charge in [0.2, 0.25) is 5.75 Å². The van der Waals surface area contributed by atoms with Crippen LogP contribution < -0.4 is 19.0 Å². The Morgan fingerprint density at radius 1 is 0.964 bits per heavy atom. The molecule has 0 aliphatic carbocycles. The smallest absolute Gasteiger partial charge is 0.276 e. The predicted molar refractivity (Wildman–Crippen MR) is 106 cm³/mol. The molecule has 1 N–H and O–H groups in total. The highest BCUT2D eigenvalue weighted by molar-refractivity contribution is 7.89. The summed E-state index contributed by atoms with van der Waals surface area (Å²) in [5.74, 6) is 1.26. The number of hydrogen-bond donors (Lipinski definition) is 1. The molecule has 0 radical (unpaired) electrons. The van der Waals surface area contributed by atoms with Crippen molar-refractivity contribution in [1.82, 2.24) is 4.83 Å². The molecule has 0 heterocycles. The van der Waals surface area contributed by atoms with Gasteiger partial charge in [-0.05, 0) is 31.2 Å². The third-order valence-electron chi connectivity index (χ3n) is 3.91. The molecule has 0 saturated heterocycles. The van der Waals surface area contributed by atoms with Crippen molar-refractivity contribution < 1.29 is 27.4 Å². The van der Waals surface area contributed by atoms with Gasteiger partial charge in [-0.15, -0.1) is 0 Å². The monoisotopic (exact) mass is 408 g/mol. The SMILES string of the molecule is COC/C(=N\NS(=O)(=O)c1ccc(C)cc1)c1cc(OC)c(OC)c(OC)c1. The number of benzene rings is 2. The second-order valence-electron chi connectivity index (χ2n) is 5.81. The van der Waals surface area contributed by atoms with Crippen molar-refractivity contribution in [2.24, 2.45) is 5.10 Å². The Balaban J connectivity index is 2.43. The van der Waals surface area contributed by atoms with Gasteiger partial charge in [0, 0.05) is 12.7 Å². The number of rotatable bonds is 9. The van der Waals surface area contributed by atoms with Gasteiger partial charge in [0.15, 0.2) is 11.5 Å². The number of ether oxygens (including phenoxy) is 4. The van der Waals surface area contributed by atoms with Crippen LogP contribution in [0, 0.1) is 6.92 Å². The van der Waals surface area contributed by atoms with Crippen molar-refractivity contribution in [3.63, 3.8) is 0 Å². The Morgan fingerprint density at radius 3 is 2.00 bits per heavy atom. The molecular formula is C19H24N2O6S. The summed E-state index contributed by atoms with van der Waals surface area (Å²) < 4.78 is 46.1. The van der Waals surface area contributed by atoms with Gasteiger partial charge in [0.05, 0.1) is 38.5 Å². The minimum atomic E-state index is -3.82. The highest BCUT2D eigenvalue weighted by Crippen LogP contribution is 2.38. The fourth-order valence-electron chi connectivity index (χ4n) is 2.45. The van der Waals surface area contributed by atoms with Crippen molar-refractivity contribution in [2.75, 3.05) is 35.0 Å². The van der Waals surface area contributed by atoms with E-state index in [4.69, 9.17) is 18.9 Å². The van der Waals surface area contributed by atoms with E-state index in [1.165, 1.54) is 40.6 Å². The van der Waals surface area contributed by atoms with Crippen LogP contribution in [0.2, 0.25) is 0 Å². The summed E-state index contributed by atoms with van der Waals surface area (Å²) in [6.07, 6.45) is 0. The van der Waals surface area contributed by atoms with Gasteiger partial charge in [-0.2, -0.15) is 18.4 Å². The van der Waals surface area contributed by atoms with E-state index in [9.17, 15) is 8.42 Å². The molecule has 0 aromatic heterocycles. The van der Waals surface area contributed by atoms with E-state index in [1.807, 2.05) is 6.92 Å². The molecule has 0 spiro atoms. The van der Waals surface area contributed by atoms with Crippen molar-refractivity contribution in [2.45, 2.75) is 11.8 Å². The average Bonchev–Trinajstić information content (AvgIpc) is 2.70.